The van der Waals surface area contributed by atoms with Crippen LogP contribution in [0, 0.1) is 0 Å². The summed E-state index contributed by atoms with van der Waals surface area (Å²) >= 11 is 0. The number of aromatic nitrogens is 2. The van der Waals surface area contributed by atoms with Crippen molar-refractivity contribution in [1.82, 2.24) is 9.97 Å². The number of carbonyl (C=O) groups is 2. The van der Waals surface area contributed by atoms with E-state index in [-0.39, 0.29) is 16.9 Å². The van der Waals surface area contributed by atoms with Crippen LogP contribution in [0.3, 0.4) is 0 Å². The maximum Gasteiger partial charge on any atom is 0.355 e. The monoisotopic (exact) mass is 374 g/mol. The van der Waals surface area contributed by atoms with Gasteiger partial charge >= 0.3 is 5.97 Å². The van der Waals surface area contributed by atoms with Gasteiger partial charge in [0.2, 0.25) is 5.78 Å². The van der Waals surface area contributed by atoms with Gasteiger partial charge in [-0.3, -0.25) is 9.59 Å². The summed E-state index contributed by atoms with van der Waals surface area (Å²) in [7, 11) is 0. The molecule has 0 radical (unpaired) electrons. The van der Waals surface area contributed by atoms with Gasteiger partial charge in [0.1, 0.15) is 5.69 Å². The summed E-state index contributed by atoms with van der Waals surface area (Å²) in [6, 6.07) is 13.8. The molecule has 0 unspecified atom stereocenters. The van der Waals surface area contributed by atoms with Gasteiger partial charge in [-0.2, -0.15) is 0 Å². The van der Waals surface area contributed by atoms with Crippen molar-refractivity contribution in [2.24, 2.45) is 0 Å². The van der Waals surface area contributed by atoms with Crippen LogP contribution in [-0.2, 0) is 11.2 Å². The first-order valence-electron chi connectivity index (χ1n) is 9.00. The van der Waals surface area contributed by atoms with Crippen molar-refractivity contribution in [1.29, 1.82) is 0 Å². The molecule has 0 bridgehead atoms. The number of para-hydroxylation sites is 2. The highest BCUT2D eigenvalue weighted by atomic mass is 16.5. The molecular formula is C22H18N2O4. The second kappa shape index (κ2) is 7.15. The molecular weight excluding hydrogens is 356 g/mol. The second-order valence-electron chi connectivity index (χ2n) is 6.49. The maximum absolute atomic E-state index is 12.6. The molecule has 0 fully saturated rings. The Morgan fingerprint density at radius 1 is 1.04 bits per heavy atom. The number of nitrogens with one attached hydrogen (secondary N) is 2. The number of carbonyl (C=O) groups excluding carboxylic acids is 2. The average Bonchev–Trinajstić information content (AvgIpc) is 3.16. The van der Waals surface area contributed by atoms with E-state index in [1.165, 1.54) is 6.07 Å². The second-order valence-corrected chi connectivity index (χ2v) is 6.49. The van der Waals surface area contributed by atoms with E-state index in [2.05, 4.69) is 9.97 Å². The van der Waals surface area contributed by atoms with Crippen LogP contribution in [0.2, 0.25) is 0 Å². The lowest BCUT2D eigenvalue weighted by Gasteiger charge is -2.06. The standard InChI is InChI=1S/C22H18N2O4/c1-2-13-6-5-8-14-16(11-23-21(13)14)20(26)12-28-22(27)18-10-19(25)15-7-3-4-9-17(15)24-18/h3-11,23H,2,12H2,1H3,(H,24,25). The quantitative estimate of drug-likeness (QED) is 0.412. The fourth-order valence-electron chi connectivity index (χ4n) is 3.34. The summed E-state index contributed by atoms with van der Waals surface area (Å²) in [5.41, 5.74) is 2.78. The van der Waals surface area contributed by atoms with Crippen LogP contribution in [0.15, 0.2) is 59.5 Å². The van der Waals surface area contributed by atoms with Crippen molar-refractivity contribution in [2.45, 2.75) is 13.3 Å². The van der Waals surface area contributed by atoms with Gasteiger partial charge in [0.05, 0.1) is 0 Å². The Morgan fingerprint density at radius 2 is 1.82 bits per heavy atom. The van der Waals surface area contributed by atoms with E-state index in [1.54, 1.807) is 30.5 Å². The average molecular weight is 374 g/mol. The SMILES string of the molecule is CCc1cccc2c(C(=O)COC(=O)c3cc(=O)c4ccccc4[nH]3)c[nH]c12. The van der Waals surface area contributed by atoms with Gasteiger partial charge in [0, 0.05) is 39.6 Å². The van der Waals surface area contributed by atoms with Gasteiger partial charge in [0.15, 0.2) is 12.0 Å². The number of pyridine rings is 1. The summed E-state index contributed by atoms with van der Waals surface area (Å²) in [6.07, 6.45) is 2.48. The lowest BCUT2D eigenvalue weighted by molar-refractivity contribution is 0.0469. The highest BCUT2D eigenvalue weighted by Crippen LogP contribution is 2.22. The number of hydrogen-bond donors (Lipinski definition) is 2. The third kappa shape index (κ3) is 3.09. The Labute approximate surface area is 160 Å². The van der Waals surface area contributed by atoms with Crippen LogP contribution >= 0.6 is 0 Å². The van der Waals surface area contributed by atoms with Crippen molar-refractivity contribution in [3.05, 3.63) is 81.8 Å². The molecule has 0 aliphatic heterocycles. The predicted octanol–water partition coefficient (Wildman–Crippen LogP) is 3.61. The number of benzene rings is 2. The number of aromatic amines is 2. The van der Waals surface area contributed by atoms with Crippen LogP contribution in [0.4, 0.5) is 0 Å². The van der Waals surface area contributed by atoms with Crippen LogP contribution in [0.25, 0.3) is 21.8 Å². The van der Waals surface area contributed by atoms with Crippen LogP contribution in [0.5, 0.6) is 0 Å². The number of ketones is 1. The summed E-state index contributed by atoms with van der Waals surface area (Å²) in [6.45, 7) is 1.64. The number of Topliss-reactive ketones (excluding diaryl/α,β-unsaturated/α-hetero) is 1. The lowest BCUT2D eigenvalue weighted by Crippen LogP contribution is -2.17. The van der Waals surface area contributed by atoms with E-state index in [0.29, 0.717) is 16.5 Å². The van der Waals surface area contributed by atoms with Crippen molar-refractivity contribution in [3.8, 4) is 0 Å². The molecule has 2 aromatic carbocycles. The third-order valence-electron chi connectivity index (χ3n) is 4.77. The van der Waals surface area contributed by atoms with Crippen LogP contribution in [0.1, 0.15) is 33.3 Å². The Balaban J connectivity index is 1.54. The smallest absolute Gasteiger partial charge is 0.355 e. The molecule has 28 heavy (non-hydrogen) atoms. The molecule has 140 valence electrons. The zero-order valence-electron chi connectivity index (χ0n) is 15.2. The minimum Gasteiger partial charge on any atom is -0.453 e. The zero-order valence-corrected chi connectivity index (χ0v) is 15.2. The molecule has 0 saturated carbocycles. The van der Waals surface area contributed by atoms with E-state index in [1.807, 2.05) is 25.1 Å². The molecule has 6 heteroatoms. The molecule has 2 aromatic heterocycles. The number of aryl methyl sites for hydroxylation is 1. The van der Waals surface area contributed by atoms with Crippen LogP contribution < -0.4 is 5.43 Å². The fourth-order valence-corrected chi connectivity index (χ4v) is 3.34. The van der Waals surface area contributed by atoms with E-state index < -0.39 is 12.6 Å². The molecule has 0 amide bonds. The number of ether oxygens (including phenoxy) is 1. The molecule has 0 spiro atoms. The van der Waals surface area contributed by atoms with Gasteiger partial charge in [-0.25, -0.2) is 4.79 Å². The van der Waals surface area contributed by atoms with E-state index in [0.717, 1.165) is 22.9 Å². The van der Waals surface area contributed by atoms with Crippen molar-refractivity contribution >= 4 is 33.6 Å². The van der Waals surface area contributed by atoms with Crippen molar-refractivity contribution in [3.63, 3.8) is 0 Å². The number of esters is 1. The molecule has 0 aliphatic rings. The number of fused-ring (bicyclic) bond motifs is 2. The van der Waals surface area contributed by atoms with E-state index >= 15 is 0 Å². The van der Waals surface area contributed by atoms with Crippen molar-refractivity contribution < 1.29 is 14.3 Å². The summed E-state index contributed by atoms with van der Waals surface area (Å²) < 4.78 is 5.15. The van der Waals surface area contributed by atoms with Gasteiger partial charge < -0.3 is 14.7 Å². The molecule has 0 aliphatic carbocycles. The molecule has 0 atom stereocenters. The Morgan fingerprint density at radius 3 is 2.64 bits per heavy atom. The first-order valence-corrected chi connectivity index (χ1v) is 9.00. The fraction of sp³-hybridized carbons (Fsp3) is 0.136. The topological polar surface area (TPSA) is 92.0 Å². The van der Waals surface area contributed by atoms with Crippen molar-refractivity contribution in [2.75, 3.05) is 6.61 Å². The van der Waals surface area contributed by atoms with Gasteiger partial charge in [0.25, 0.3) is 0 Å². The molecule has 2 heterocycles. The number of hydrogen-bond acceptors (Lipinski definition) is 4. The molecule has 4 aromatic rings. The first-order chi connectivity index (χ1) is 13.6. The third-order valence-corrected chi connectivity index (χ3v) is 4.77. The lowest BCUT2D eigenvalue weighted by atomic mass is 10.1. The Kier molecular flexibility index (Phi) is 4.53. The maximum atomic E-state index is 12.6. The van der Waals surface area contributed by atoms with E-state index in [9.17, 15) is 14.4 Å². The normalized spacial score (nSPS) is 11.0. The molecule has 4 rings (SSSR count). The molecule has 6 nitrogen and oxygen atoms in total. The Bertz CT molecular complexity index is 1270. The molecule has 2 N–H and O–H groups in total. The summed E-state index contributed by atoms with van der Waals surface area (Å²) in [4.78, 5) is 43.0. The number of H-pyrrole nitrogens is 2. The Hall–Kier alpha value is -3.67. The minimum absolute atomic E-state index is 0.0173. The number of rotatable bonds is 5. The van der Waals surface area contributed by atoms with Gasteiger partial charge in [-0.15, -0.1) is 0 Å². The minimum atomic E-state index is -0.745. The first kappa shape index (κ1) is 17.7. The van der Waals surface area contributed by atoms with Crippen LogP contribution in [-0.4, -0.2) is 28.3 Å². The summed E-state index contributed by atoms with van der Waals surface area (Å²) in [5.74, 6) is -1.05. The summed E-state index contributed by atoms with van der Waals surface area (Å²) in [5, 5.41) is 1.29. The highest BCUT2D eigenvalue weighted by molar-refractivity contribution is 6.09. The van der Waals surface area contributed by atoms with E-state index in [4.69, 9.17) is 4.74 Å². The largest absolute Gasteiger partial charge is 0.453 e. The van der Waals surface area contributed by atoms with Gasteiger partial charge in [-0.1, -0.05) is 37.3 Å². The molecule has 0 saturated heterocycles. The predicted molar refractivity (Wildman–Crippen MR) is 107 cm³/mol. The zero-order chi connectivity index (χ0) is 19.7. The van der Waals surface area contributed by atoms with Gasteiger partial charge in [-0.05, 0) is 24.1 Å². The highest BCUT2D eigenvalue weighted by Gasteiger charge is 2.17.